The fraction of sp³-hybridized carbons (Fsp3) is 0.444. The molecule has 9 nitrogen and oxygen atoms in total. The van der Waals surface area contributed by atoms with Crippen LogP contribution in [0, 0.1) is 0 Å². The van der Waals surface area contributed by atoms with Crippen molar-refractivity contribution in [3.05, 3.63) is 43.1 Å². The first-order valence-electron chi connectivity index (χ1n) is 8.25. The summed E-state index contributed by atoms with van der Waals surface area (Å²) < 4.78 is 0. The van der Waals surface area contributed by atoms with Gasteiger partial charge in [-0.05, 0) is 26.0 Å². The SMILES string of the molecule is C=C(CO)C(N)=O.C=CN.CC(=O)CCc1cnc[nH]1.CCCCC(=O)O. The highest BCUT2D eigenvalue weighted by atomic mass is 16.4. The molecule has 1 aromatic rings. The van der Waals surface area contributed by atoms with Crippen molar-refractivity contribution in [2.24, 2.45) is 11.5 Å². The number of carbonyl (C=O) groups is 3. The summed E-state index contributed by atoms with van der Waals surface area (Å²) in [5, 5.41) is 16.1. The second kappa shape index (κ2) is 21.1. The third kappa shape index (κ3) is 28.2. The molecule has 9 heteroatoms. The van der Waals surface area contributed by atoms with Gasteiger partial charge >= 0.3 is 5.97 Å². The fourth-order valence-electron chi connectivity index (χ4n) is 1.14. The number of nitrogens with zero attached hydrogens (tertiary/aromatic N) is 1. The van der Waals surface area contributed by atoms with Crippen LogP contribution in [0.5, 0.6) is 0 Å². The van der Waals surface area contributed by atoms with Gasteiger partial charge in [-0.15, -0.1) is 0 Å². The Balaban J connectivity index is -0.000000305. The van der Waals surface area contributed by atoms with Crippen molar-refractivity contribution < 1.29 is 24.6 Å². The number of nitrogens with two attached hydrogens (primary N) is 2. The second-order valence-corrected chi connectivity index (χ2v) is 5.14. The first kappa shape index (κ1) is 28.8. The molecule has 154 valence electrons. The normalized spacial score (nSPS) is 8.41. The van der Waals surface area contributed by atoms with Gasteiger partial charge in [-0.3, -0.25) is 9.59 Å². The molecule has 0 atom stereocenters. The summed E-state index contributed by atoms with van der Waals surface area (Å²) in [5.41, 5.74) is 10.3. The van der Waals surface area contributed by atoms with Gasteiger partial charge < -0.3 is 31.5 Å². The Hall–Kier alpha value is -2.94. The molecule has 1 rings (SSSR count). The number of amides is 1. The molecule has 1 aromatic heterocycles. The number of carbonyl (C=O) groups excluding carboxylic acids is 2. The number of ketones is 1. The Morgan fingerprint density at radius 3 is 2.11 bits per heavy atom. The number of aromatic amines is 1. The van der Waals surface area contributed by atoms with Crippen molar-refractivity contribution in [3.8, 4) is 0 Å². The molecule has 0 aliphatic rings. The van der Waals surface area contributed by atoms with Crippen molar-refractivity contribution in [1.29, 1.82) is 0 Å². The number of H-pyrrole nitrogens is 1. The highest BCUT2D eigenvalue weighted by Crippen LogP contribution is 1.96. The minimum absolute atomic E-state index is 0.0417. The molecule has 7 N–H and O–H groups in total. The molecule has 0 saturated carbocycles. The molecule has 27 heavy (non-hydrogen) atoms. The Bertz CT molecular complexity index is 542. The van der Waals surface area contributed by atoms with E-state index in [0.29, 0.717) is 12.8 Å². The van der Waals surface area contributed by atoms with Crippen LogP contribution in [0.4, 0.5) is 0 Å². The van der Waals surface area contributed by atoms with Crippen LogP contribution in [-0.2, 0) is 20.8 Å². The first-order chi connectivity index (χ1) is 12.7. The summed E-state index contributed by atoms with van der Waals surface area (Å²) in [6.07, 6.45) is 8.06. The molecular weight excluding hydrogens is 352 g/mol. The number of aliphatic hydroxyl groups is 1. The van der Waals surface area contributed by atoms with E-state index in [1.54, 1.807) is 19.4 Å². The highest BCUT2D eigenvalue weighted by molar-refractivity contribution is 5.91. The van der Waals surface area contributed by atoms with Crippen LogP contribution in [0.2, 0.25) is 0 Å². The molecular formula is C18H32N4O5. The standard InChI is InChI=1S/C7H10N2O.C5H10O2.C4H7NO2.C2H5N/c1-6(10)2-3-7-4-8-5-9-7;1-2-3-4-5(6)7;1-3(2-6)4(5)7;1-2-3/h4-5H,2-3H2,1H3,(H,8,9);2-4H2,1H3,(H,6,7);6H,1-2H2,(H2,5,7);2H,1,3H2. The predicted molar refractivity (Wildman–Crippen MR) is 105 cm³/mol. The number of aryl methyl sites for hydroxylation is 1. The highest BCUT2D eigenvalue weighted by Gasteiger charge is 1.96. The minimum Gasteiger partial charge on any atom is -0.481 e. The number of hydrogen-bond donors (Lipinski definition) is 5. The lowest BCUT2D eigenvalue weighted by Gasteiger charge is -1.90. The van der Waals surface area contributed by atoms with E-state index >= 15 is 0 Å². The lowest BCUT2D eigenvalue weighted by atomic mass is 10.2. The zero-order valence-electron chi connectivity index (χ0n) is 16.1. The minimum atomic E-state index is -0.693. The van der Waals surface area contributed by atoms with Crippen molar-refractivity contribution in [2.75, 3.05) is 6.61 Å². The van der Waals surface area contributed by atoms with Crippen LogP contribution in [0.3, 0.4) is 0 Å². The number of carboxylic acid groups (broad SMARTS) is 1. The second-order valence-electron chi connectivity index (χ2n) is 5.14. The zero-order valence-corrected chi connectivity index (χ0v) is 16.1. The van der Waals surface area contributed by atoms with E-state index in [2.05, 4.69) is 34.6 Å². The number of imidazole rings is 1. The average molecular weight is 384 g/mol. The lowest BCUT2D eigenvalue weighted by molar-refractivity contribution is -0.137. The van der Waals surface area contributed by atoms with Gasteiger partial charge in [0.2, 0.25) is 5.91 Å². The molecule has 0 bridgehead atoms. The number of primary amides is 1. The Kier molecular flexibility index (Phi) is 22.5. The lowest BCUT2D eigenvalue weighted by Crippen LogP contribution is -2.14. The van der Waals surface area contributed by atoms with Crippen LogP contribution in [-0.4, -0.2) is 44.4 Å². The number of rotatable bonds is 8. The van der Waals surface area contributed by atoms with Crippen molar-refractivity contribution in [1.82, 2.24) is 9.97 Å². The molecule has 1 amide bonds. The van der Waals surface area contributed by atoms with Crippen molar-refractivity contribution >= 4 is 17.7 Å². The Morgan fingerprint density at radius 1 is 1.33 bits per heavy atom. The van der Waals surface area contributed by atoms with E-state index in [0.717, 1.165) is 25.0 Å². The number of nitrogens with one attached hydrogen (secondary N) is 1. The van der Waals surface area contributed by atoms with E-state index in [1.807, 2.05) is 6.92 Å². The van der Waals surface area contributed by atoms with Crippen LogP contribution < -0.4 is 11.5 Å². The monoisotopic (exact) mass is 384 g/mol. The van der Waals surface area contributed by atoms with E-state index in [1.165, 1.54) is 6.20 Å². The molecule has 0 unspecified atom stereocenters. The zero-order chi connectivity index (χ0) is 21.7. The van der Waals surface area contributed by atoms with Gasteiger partial charge in [0, 0.05) is 30.3 Å². The molecule has 0 saturated heterocycles. The molecule has 0 fully saturated rings. The van der Waals surface area contributed by atoms with Gasteiger partial charge in [-0.2, -0.15) is 0 Å². The Labute approximate surface area is 160 Å². The fourth-order valence-corrected chi connectivity index (χ4v) is 1.14. The van der Waals surface area contributed by atoms with E-state index in [-0.39, 0.29) is 18.0 Å². The quantitative estimate of drug-likeness (QED) is 0.420. The smallest absolute Gasteiger partial charge is 0.303 e. The summed E-state index contributed by atoms with van der Waals surface area (Å²) >= 11 is 0. The maximum absolute atomic E-state index is 10.5. The number of aliphatic carboxylic acids is 1. The molecule has 0 aliphatic carbocycles. The topological polar surface area (TPSA) is 172 Å². The molecule has 0 spiro atoms. The predicted octanol–water partition coefficient (Wildman–Crippen LogP) is 1.30. The van der Waals surface area contributed by atoms with Crippen molar-refractivity contribution in [3.63, 3.8) is 0 Å². The third-order valence-electron chi connectivity index (χ3n) is 2.58. The van der Waals surface area contributed by atoms with Crippen LogP contribution in [0.15, 0.2) is 37.5 Å². The van der Waals surface area contributed by atoms with Gasteiger partial charge in [-0.1, -0.05) is 26.5 Å². The van der Waals surface area contributed by atoms with Gasteiger partial charge in [0.05, 0.1) is 12.9 Å². The number of aromatic nitrogens is 2. The summed E-state index contributed by atoms with van der Waals surface area (Å²) in [7, 11) is 0. The summed E-state index contributed by atoms with van der Waals surface area (Å²) in [6.45, 7) is 9.50. The molecule has 0 aromatic carbocycles. The van der Waals surface area contributed by atoms with Gasteiger partial charge in [-0.25, -0.2) is 4.98 Å². The number of unbranched alkanes of at least 4 members (excludes halogenated alkanes) is 1. The number of hydrogen-bond acceptors (Lipinski definition) is 6. The van der Waals surface area contributed by atoms with Gasteiger partial charge in [0.15, 0.2) is 0 Å². The van der Waals surface area contributed by atoms with Crippen LogP contribution in [0.25, 0.3) is 0 Å². The van der Waals surface area contributed by atoms with Crippen LogP contribution in [0.1, 0.15) is 45.2 Å². The number of carboxylic acids is 1. The first-order valence-corrected chi connectivity index (χ1v) is 8.25. The van der Waals surface area contributed by atoms with Gasteiger partial charge in [0.25, 0.3) is 0 Å². The summed E-state index contributed by atoms with van der Waals surface area (Å²) in [5.74, 6) is -1.13. The number of aliphatic hydroxyl groups excluding tert-OH is 1. The molecule has 0 radical (unpaired) electrons. The third-order valence-corrected chi connectivity index (χ3v) is 2.58. The Morgan fingerprint density at radius 2 is 1.89 bits per heavy atom. The van der Waals surface area contributed by atoms with E-state index in [4.69, 9.17) is 10.2 Å². The number of Topliss-reactive ketones (excluding diaryl/α,β-unsaturated/α-hetero) is 1. The molecule has 1 heterocycles. The van der Waals surface area contributed by atoms with Crippen LogP contribution >= 0.6 is 0 Å². The van der Waals surface area contributed by atoms with Crippen molar-refractivity contribution in [2.45, 2.75) is 46.0 Å². The summed E-state index contributed by atoms with van der Waals surface area (Å²) in [6, 6.07) is 0. The van der Waals surface area contributed by atoms with E-state index in [9.17, 15) is 14.4 Å². The summed E-state index contributed by atoms with van der Waals surface area (Å²) in [4.78, 5) is 36.9. The van der Waals surface area contributed by atoms with Gasteiger partial charge in [0.1, 0.15) is 5.78 Å². The maximum Gasteiger partial charge on any atom is 0.303 e. The average Bonchev–Trinajstić information content (AvgIpc) is 3.12. The molecule has 0 aliphatic heterocycles. The maximum atomic E-state index is 10.5. The van der Waals surface area contributed by atoms with E-state index < -0.39 is 11.9 Å². The largest absolute Gasteiger partial charge is 0.481 e.